The summed E-state index contributed by atoms with van der Waals surface area (Å²) in [6.07, 6.45) is 6.07. The highest BCUT2D eigenvalue weighted by molar-refractivity contribution is 5.43. The number of anilines is 2. The van der Waals surface area contributed by atoms with Gasteiger partial charge in [-0.2, -0.15) is 5.26 Å². The number of nitrogens with two attached hydrogens (primary N) is 1. The Bertz CT molecular complexity index is 380. The summed E-state index contributed by atoms with van der Waals surface area (Å²) < 4.78 is 0. The molecule has 1 aliphatic carbocycles. The highest BCUT2D eigenvalue weighted by Crippen LogP contribution is 2.30. The van der Waals surface area contributed by atoms with Crippen molar-refractivity contribution in [2.75, 3.05) is 17.2 Å². The molecule has 1 heterocycles. The van der Waals surface area contributed by atoms with Crippen LogP contribution in [0.25, 0.3) is 0 Å². The molecule has 0 aliphatic heterocycles. The maximum atomic E-state index is 8.58. The van der Waals surface area contributed by atoms with Gasteiger partial charge in [-0.05, 0) is 12.8 Å². The van der Waals surface area contributed by atoms with Gasteiger partial charge in [0.15, 0.2) is 0 Å². The van der Waals surface area contributed by atoms with Crippen molar-refractivity contribution in [3.63, 3.8) is 0 Å². The number of aromatic nitrogens is 2. The van der Waals surface area contributed by atoms with E-state index in [2.05, 4.69) is 20.9 Å². The van der Waals surface area contributed by atoms with Crippen LogP contribution in [0.1, 0.15) is 19.3 Å². The first-order valence-electron chi connectivity index (χ1n) is 5.02. The van der Waals surface area contributed by atoms with Gasteiger partial charge in [0.25, 0.3) is 0 Å². The molecule has 0 unspecified atom stereocenters. The third-order valence-corrected chi connectivity index (χ3v) is 2.39. The molecule has 0 amide bonds. The lowest BCUT2D eigenvalue weighted by molar-refractivity contribution is 0.775. The van der Waals surface area contributed by atoms with Gasteiger partial charge in [0.05, 0.1) is 24.9 Å². The van der Waals surface area contributed by atoms with Crippen LogP contribution in [0.2, 0.25) is 0 Å². The third-order valence-electron chi connectivity index (χ3n) is 2.39. The van der Waals surface area contributed by atoms with E-state index in [-0.39, 0.29) is 0 Å². The topological polar surface area (TPSA) is 78.8 Å². The van der Waals surface area contributed by atoms with Crippen molar-refractivity contribution in [1.82, 2.24) is 9.97 Å². The second-order valence-corrected chi connectivity index (χ2v) is 3.63. The summed E-state index contributed by atoms with van der Waals surface area (Å²) in [7, 11) is 0. The van der Waals surface area contributed by atoms with Crippen molar-refractivity contribution in [2.45, 2.75) is 25.3 Å². The van der Waals surface area contributed by atoms with E-state index in [4.69, 9.17) is 11.0 Å². The summed E-state index contributed by atoms with van der Waals surface area (Å²) in [5, 5.41) is 8.58. The summed E-state index contributed by atoms with van der Waals surface area (Å²) >= 11 is 0. The van der Waals surface area contributed by atoms with E-state index in [0.29, 0.717) is 24.8 Å². The zero-order chi connectivity index (χ0) is 10.7. The van der Waals surface area contributed by atoms with Gasteiger partial charge >= 0.3 is 0 Å². The lowest BCUT2D eigenvalue weighted by atomic mass is 10.4. The van der Waals surface area contributed by atoms with Crippen molar-refractivity contribution in [3.05, 3.63) is 12.4 Å². The first-order chi connectivity index (χ1) is 7.31. The zero-order valence-corrected chi connectivity index (χ0v) is 8.43. The molecule has 1 aromatic heterocycles. The molecule has 15 heavy (non-hydrogen) atoms. The van der Waals surface area contributed by atoms with Crippen molar-refractivity contribution < 1.29 is 0 Å². The van der Waals surface area contributed by atoms with Crippen LogP contribution in [-0.4, -0.2) is 22.6 Å². The number of nitrogen functional groups attached to an aromatic ring is 1. The molecule has 0 atom stereocenters. The fraction of sp³-hybridized carbons (Fsp3) is 0.500. The van der Waals surface area contributed by atoms with Crippen LogP contribution in [0.4, 0.5) is 11.6 Å². The number of hydrogen-bond donors (Lipinski definition) is 1. The molecule has 78 valence electrons. The van der Waals surface area contributed by atoms with E-state index in [1.165, 1.54) is 19.0 Å². The Morgan fingerprint density at radius 1 is 1.53 bits per heavy atom. The molecule has 2 N–H and O–H groups in total. The van der Waals surface area contributed by atoms with Crippen molar-refractivity contribution in [1.29, 1.82) is 5.26 Å². The average molecular weight is 203 g/mol. The smallest absolute Gasteiger partial charge is 0.149 e. The summed E-state index contributed by atoms with van der Waals surface area (Å²) in [6, 6.07) is 2.67. The summed E-state index contributed by atoms with van der Waals surface area (Å²) in [5.74, 6) is 1.21. The van der Waals surface area contributed by atoms with Gasteiger partial charge in [-0.15, -0.1) is 0 Å². The van der Waals surface area contributed by atoms with Crippen LogP contribution in [0.5, 0.6) is 0 Å². The number of nitriles is 1. The Morgan fingerprint density at radius 2 is 2.33 bits per heavy atom. The summed E-state index contributed by atoms with van der Waals surface area (Å²) in [5.41, 5.74) is 5.58. The van der Waals surface area contributed by atoms with E-state index < -0.39 is 0 Å². The van der Waals surface area contributed by atoms with Crippen molar-refractivity contribution in [2.24, 2.45) is 0 Å². The van der Waals surface area contributed by atoms with Crippen LogP contribution in [0, 0.1) is 11.3 Å². The number of nitrogens with zero attached hydrogens (tertiary/aromatic N) is 4. The minimum Gasteiger partial charge on any atom is -0.382 e. The maximum absolute atomic E-state index is 8.58. The molecule has 5 heteroatoms. The highest BCUT2D eigenvalue weighted by atomic mass is 15.2. The second kappa shape index (κ2) is 4.13. The van der Waals surface area contributed by atoms with Crippen LogP contribution in [0.3, 0.4) is 0 Å². The first-order valence-corrected chi connectivity index (χ1v) is 5.02. The minimum absolute atomic E-state index is 0.426. The first kappa shape index (κ1) is 9.71. The van der Waals surface area contributed by atoms with E-state index in [1.807, 2.05) is 0 Å². The molecule has 0 saturated heterocycles. The van der Waals surface area contributed by atoms with Crippen LogP contribution in [-0.2, 0) is 0 Å². The fourth-order valence-electron chi connectivity index (χ4n) is 1.55. The lowest BCUT2D eigenvalue weighted by Crippen LogP contribution is -2.27. The Labute approximate surface area is 88.5 Å². The second-order valence-electron chi connectivity index (χ2n) is 3.63. The Morgan fingerprint density at radius 3 is 2.93 bits per heavy atom. The largest absolute Gasteiger partial charge is 0.382 e. The molecule has 1 aliphatic rings. The molecule has 1 saturated carbocycles. The number of rotatable bonds is 4. The molecule has 5 nitrogen and oxygen atoms in total. The van der Waals surface area contributed by atoms with Crippen molar-refractivity contribution in [3.8, 4) is 6.07 Å². The Kier molecular flexibility index (Phi) is 2.68. The van der Waals surface area contributed by atoms with Gasteiger partial charge in [-0.3, -0.25) is 4.98 Å². The van der Waals surface area contributed by atoms with Gasteiger partial charge in [0.2, 0.25) is 0 Å². The van der Waals surface area contributed by atoms with Gasteiger partial charge in [-0.1, -0.05) is 0 Å². The summed E-state index contributed by atoms with van der Waals surface area (Å²) in [4.78, 5) is 10.3. The molecule has 1 fully saturated rings. The standard InChI is InChI=1S/C10H13N5/c11-4-1-5-15(8-2-3-8)10-7-13-6-9(12)14-10/h6-8H,1-3,5H2,(H2,12,14). The number of hydrogen-bond acceptors (Lipinski definition) is 5. The third kappa shape index (κ3) is 2.34. The molecule has 0 spiro atoms. The van der Waals surface area contributed by atoms with Crippen LogP contribution < -0.4 is 10.6 Å². The Hall–Kier alpha value is -1.83. The molecule has 0 radical (unpaired) electrons. The molecular weight excluding hydrogens is 190 g/mol. The zero-order valence-electron chi connectivity index (χ0n) is 8.43. The van der Waals surface area contributed by atoms with Gasteiger partial charge in [-0.25, -0.2) is 4.98 Å². The predicted octanol–water partition coefficient (Wildman–Crippen LogP) is 0.941. The molecular formula is C10H13N5. The monoisotopic (exact) mass is 203 g/mol. The van der Waals surface area contributed by atoms with Crippen LogP contribution in [0.15, 0.2) is 12.4 Å². The molecule has 0 aromatic carbocycles. The van der Waals surface area contributed by atoms with Crippen molar-refractivity contribution >= 4 is 11.6 Å². The lowest BCUT2D eigenvalue weighted by Gasteiger charge is -2.21. The fourth-order valence-corrected chi connectivity index (χ4v) is 1.55. The van der Waals surface area contributed by atoms with E-state index >= 15 is 0 Å². The molecule has 1 aromatic rings. The normalized spacial score (nSPS) is 14.6. The van der Waals surface area contributed by atoms with E-state index in [9.17, 15) is 0 Å². The molecule has 2 rings (SSSR count). The SMILES string of the molecule is N#CCCN(c1cncc(N)n1)C1CC1. The van der Waals surface area contributed by atoms with Crippen LogP contribution >= 0.6 is 0 Å². The van der Waals surface area contributed by atoms with Gasteiger partial charge in [0, 0.05) is 12.6 Å². The van der Waals surface area contributed by atoms with E-state index in [1.54, 1.807) is 6.20 Å². The Balaban J connectivity index is 2.13. The molecule has 0 bridgehead atoms. The average Bonchev–Trinajstić information content (AvgIpc) is 3.03. The van der Waals surface area contributed by atoms with Gasteiger partial charge in [0.1, 0.15) is 11.6 Å². The van der Waals surface area contributed by atoms with Gasteiger partial charge < -0.3 is 10.6 Å². The maximum Gasteiger partial charge on any atom is 0.149 e. The quantitative estimate of drug-likeness (QED) is 0.787. The predicted molar refractivity (Wildman–Crippen MR) is 57.0 cm³/mol. The van der Waals surface area contributed by atoms with E-state index in [0.717, 1.165) is 5.82 Å². The highest BCUT2D eigenvalue weighted by Gasteiger charge is 2.29. The summed E-state index contributed by atoms with van der Waals surface area (Å²) in [6.45, 7) is 0.708. The minimum atomic E-state index is 0.426.